The maximum absolute atomic E-state index is 11.8. The monoisotopic (exact) mass is 423 g/mol. The summed E-state index contributed by atoms with van der Waals surface area (Å²) in [5.41, 5.74) is 0. The van der Waals surface area contributed by atoms with Crippen LogP contribution in [0.25, 0.3) is 0 Å². The van der Waals surface area contributed by atoms with Crippen LogP contribution >= 0.6 is 23.4 Å². The van der Waals surface area contributed by atoms with Crippen LogP contribution in [0, 0.1) is 0 Å². The van der Waals surface area contributed by atoms with Crippen molar-refractivity contribution in [2.45, 2.75) is 17.9 Å². The SMILES string of the molecule is CN(C)C(=O)CN=C(NCCCn1ccnn1)NCCSc1ccc(Cl)cc1. The van der Waals surface area contributed by atoms with Gasteiger partial charge in [-0.1, -0.05) is 16.8 Å². The average Bonchev–Trinajstić information content (AvgIpc) is 3.20. The summed E-state index contributed by atoms with van der Waals surface area (Å²) in [6, 6.07) is 7.77. The molecule has 1 aromatic carbocycles. The van der Waals surface area contributed by atoms with Gasteiger partial charge in [0.05, 0.1) is 6.20 Å². The predicted octanol–water partition coefficient (Wildman–Crippen LogP) is 1.74. The number of aromatic nitrogens is 3. The number of guanidine groups is 1. The van der Waals surface area contributed by atoms with Gasteiger partial charge in [0.15, 0.2) is 5.96 Å². The zero-order valence-electron chi connectivity index (χ0n) is 16.1. The Balaban J connectivity index is 1.76. The fourth-order valence-electron chi connectivity index (χ4n) is 2.13. The molecule has 0 atom stereocenters. The van der Waals surface area contributed by atoms with Crippen molar-refractivity contribution in [1.82, 2.24) is 30.5 Å². The summed E-state index contributed by atoms with van der Waals surface area (Å²) in [5.74, 6) is 1.45. The Bertz CT molecular complexity index is 735. The van der Waals surface area contributed by atoms with Crippen molar-refractivity contribution in [2.24, 2.45) is 4.99 Å². The fraction of sp³-hybridized carbons (Fsp3) is 0.444. The number of amides is 1. The molecule has 2 aromatic rings. The fourth-order valence-corrected chi connectivity index (χ4v) is 3.03. The lowest BCUT2D eigenvalue weighted by Gasteiger charge is -2.14. The number of carbonyl (C=O) groups is 1. The highest BCUT2D eigenvalue weighted by Crippen LogP contribution is 2.19. The molecular formula is C18H26ClN7OS. The van der Waals surface area contributed by atoms with Gasteiger partial charge < -0.3 is 15.5 Å². The molecule has 0 fully saturated rings. The van der Waals surface area contributed by atoms with E-state index in [1.165, 1.54) is 4.90 Å². The topological polar surface area (TPSA) is 87.4 Å². The van der Waals surface area contributed by atoms with Crippen molar-refractivity contribution < 1.29 is 4.79 Å². The minimum atomic E-state index is -0.0424. The molecule has 2 rings (SSSR count). The number of thioether (sulfide) groups is 1. The van der Waals surface area contributed by atoms with Gasteiger partial charge >= 0.3 is 0 Å². The normalized spacial score (nSPS) is 11.3. The minimum Gasteiger partial charge on any atom is -0.356 e. The molecule has 0 unspecified atom stereocenters. The Morgan fingerprint density at radius 2 is 2.00 bits per heavy atom. The predicted molar refractivity (Wildman–Crippen MR) is 114 cm³/mol. The number of nitrogens with zero attached hydrogens (tertiary/aromatic N) is 5. The van der Waals surface area contributed by atoms with Crippen molar-refractivity contribution in [3.8, 4) is 0 Å². The first-order valence-corrected chi connectivity index (χ1v) is 10.4. The number of carbonyl (C=O) groups excluding carboxylic acids is 1. The Labute approximate surface area is 174 Å². The van der Waals surface area contributed by atoms with Crippen LogP contribution in [0.2, 0.25) is 5.02 Å². The van der Waals surface area contributed by atoms with Gasteiger partial charge in [0.2, 0.25) is 5.91 Å². The molecule has 0 aliphatic rings. The van der Waals surface area contributed by atoms with Crippen LogP contribution in [0.5, 0.6) is 0 Å². The lowest BCUT2D eigenvalue weighted by molar-refractivity contribution is -0.127. The smallest absolute Gasteiger partial charge is 0.243 e. The second kappa shape index (κ2) is 12.2. The van der Waals surface area contributed by atoms with Crippen molar-refractivity contribution in [2.75, 3.05) is 39.5 Å². The molecular weight excluding hydrogens is 398 g/mol. The summed E-state index contributed by atoms with van der Waals surface area (Å²) in [5, 5.41) is 15.0. The summed E-state index contributed by atoms with van der Waals surface area (Å²) in [4.78, 5) is 18.9. The summed E-state index contributed by atoms with van der Waals surface area (Å²) < 4.78 is 1.78. The van der Waals surface area contributed by atoms with Crippen LogP contribution in [-0.2, 0) is 11.3 Å². The summed E-state index contributed by atoms with van der Waals surface area (Å²) in [6.07, 6.45) is 4.36. The minimum absolute atomic E-state index is 0.0424. The van der Waals surface area contributed by atoms with Gasteiger partial charge in [-0.25, -0.2) is 4.99 Å². The summed E-state index contributed by atoms with van der Waals surface area (Å²) in [7, 11) is 3.44. The van der Waals surface area contributed by atoms with Crippen LogP contribution in [0.15, 0.2) is 46.5 Å². The molecule has 10 heteroatoms. The standard InChI is InChI=1S/C18H26ClN7OS/c1-25(2)17(27)14-22-18(20-8-3-11-26-12-9-23-24-26)21-10-13-28-16-6-4-15(19)5-7-16/h4-7,9,12H,3,8,10-11,13-14H2,1-2H3,(H2,20,21,22). The Morgan fingerprint density at radius 1 is 1.25 bits per heavy atom. The van der Waals surface area contributed by atoms with Crippen molar-refractivity contribution in [3.63, 3.8) is 0 Å². The highest BCUT2D eigenvalue weighted by Gasteiger charge is 2.05. The van der Waals surface area contributed by atoms with Gasteiger partial charge in [0.25, 0.3) is 0 Å². The van der Waals surface area contributed by atoms with E-state index in [1.807, 2.05) is 30.5 Å². The highest BCUT2D eigenvalue weighted by molar-refractivity contribution is 7.99. The second-order valence-corrected chi connectivity index (χ2v) is 7.73. The van der Waals surface area contributed by atoms with E-state index >= 15 is 0 Å². The number of hydrogen-bond donors (Lipinski definition) is 2. The molecule has 28 heavy (non-hydrogen) atoms. The van der Waals surface area contributed by atoms with Crippen molar-refractivity contribution in [3.05, 3.63) is 41.7 Å². The molecule has 1 heterocycles. The van der Waals surface area contributed by atoms with E-state index in [1.54, 1.807) is 36.7 Å². The largest absolute Gasteiger partial charge is 0.356 e. The molecule has 0 saturated heterocycles. The Kier molecular flexibility index (Phi) is 9.64. The third kappa shape index (κ3) is 8.62. The molecule has 0 aliphatic heterocycles. The number of likely N-dealkylation sites (N-methyl/N-ethyl adjacent to an activating group) is 1. The quantitative estimate of drug-likeness (QED) is 0.262. The van der Waals surface area contributed by atoms with Gasteiger partial charge in [-0.15, -0.1) is 16.9 Å². The van der Waals surface area contributed by atoms with Gasteiger partial charge in [-0.2, -0.15) is 0 Å². The van der Waals surface area contributed by atoms with E-state index in [2.05, 4.69) is 25.9 Å². The lowest BCUT2D eigenvalue weighted by atomic mass is 10.4. The third-order valence-electron chi connectivity index (χ3n) is 3.68. The van der Waals surface area contributed by atoms with Crippen LogP contribution < -0.4 is 10.6 Å². The average molecular weight is 424 g/mol. The lowest BCUT2D eigenvalue weighted by Crippen LogP contribution is -2.40. The number of nitrogens with one attached hydrogen (secondary N) is 2. The van der Waals surface area contributed by atoms with Gasteiger partial charge in [0.1, 0.15) is 6.54 Å². The Morgan fingerprint density at radius 3 is 2.68 bits per heavy atom. The summed E-state index contributed by atoms with van der Waals surface area (Å²) >= 11 is 7.63. The molecule has 1 amide bonds. The van der Waals surface area contributed by atoms with Gasteiger partial charge in [-0.05, 0) is 30.7 Å². The van der Waals surface area contributed by atoms with E-state index in [0.29, 0.717) is 12.5 Å². The second-order valence-electron chi connectivity index (χ2n) is 6.13. The maximum Gasteiger partial charge on any atom is 0.243 e. The highest BCUT2D eigenvalue weighted by atomic mass is 35.5. The van der Waals surface area contributed by atoms with Crippen molar-refractivity contribution in [1.29, 1.82) is 0 Å². The Hall–Kier alpha value is -2.26. The number of aliphatic imine (C=N–C) groups is 1. The van der Waals surface area contributed by atoms with E-state index in [9.17, 15) is 4.79 Å². The molecule has 0 saturated carbocycles. The van der Waals surface area contributed by atoms with Crippen LogP contribution in [0.4, 0.5) is 0 Å². The zero-order chi connectivity index (χ0) is 20.2. The van der Waals surface area contributed by atoms with E-state index in [4.69, 9.17) is 11.6 Å². The molecule has 2 N–H and O–H groups in total. The van der Waals surface area contributed by atoms with Crippen LogP contribution in [0.3, 0.4) is 0 Å². The third-order valence-corrected chi connectivity index (χ3v) is 4.94. The number of halogens is 1. The molecule has 152 valence electrons. The number of hydrogen-bond acceptors (Lipinski definition) is 5. The molecule has 0 aliphatic carbocycles. The first kappa shape index (κ1) is 22.0. The molecule has 0 bridgehead atoms. The number of rotatable bonds is 10. The van der Waals surface area contributed by atoms with E-state index < -0.39 is 0 Å². The van der Waals surface area contributed by atoms with Gasteiger partial charge in [0, 0.05) is 55.6 Å². The first-order chi connectivity index (χ1) is 13.5. The van der Waals surface area contributed by atoms with Crippen molar-refractivity contribution >= 4 is 35.2 Å². The van der Waals surface area contributed by atoms with Gasteiger partial charge in [-0.3, -0.25) is 9.48 Å². The van der Waals surface area contributed by atoms with E-state index in [-0.39, 0.29) is 12.5 Å². The molecule has 8 nitrogen and oxygen atoms in total. The maximum atomic E-state index is 11.8. The molecule has 0 radical (unpaired) electrons. The first-order valence-electron chi connectivity index (χ1n) is 8.99. The number of benzene rings is 1. The van der Waals surface area contributed by atoms with Crippen LogP contribution in [-0.4, -0.2) is 71.2 Å². The molecule has 0 spiro atoms. The number of aryl methyl sites for hydroxylation is 1. The zero-order valence-corrected chi connectivity index (χ0v) is 17.7. The van der Waals surface area contributed by atoms with Crippen LogP contribution in [0.1, 0.15) is 6.42 Å². The van der Waals surface area contributed by atoms with E-state index in [0.717, 1.165) is 35.2 Å². The molecule has 1 aromatic heterocycles. The summed E-state index contributed by atoms with van der Waals surface area (Å²) in [6.45, 7) is 2.31.